The lowest BCUT2D eigenvalue weighted by atomic mass is 10.2. The number of sulfonamides is 1. The molecule has 4 heteroatoms. The minimum atomic E-state index is -3.33. The van der Waals surface area contributed by atoms with Gasteiger partial charge in [-0.1, -0.05) is 19.1 Å². The van der Waals surface area contributed by atoms with Crippen molar-refractivity contribution in [1.82, 2.24) is 4.31 Å². The maximum absolute atomic E-state index is 12.6. The van der Waals surface area contributed by atoms with Gasteiger partial charge in [0.1, 0.15) is 0 Å². The van der Waals surface area contributed by atoms with Gasteiger partial charge in [0.2, 0.25) is 10.0 Å². The molecule has 0 aromatic heterocycles. The van der Waals surface area contributed by atoms with Gasteiger partial charge in [0.15, 0.2) is 0 Å². The molecule has 0 radical (unpaired) electrons. The molecule has 2 atom stereocenters. The lowest BCUT2D eigenvalue weighted by Gasteiger charge is -2.25. The first-order valence-electron chi connectivity index (χ1n) is 6.59. The van der Waals surface area contributed by atoms with Crippen molar-refractivity contribution >= 4 is 10.0 Å². The predicted molar refractivity (Wildman–Crippen MR) is 73.0 cm³/mol. The Hall–Kier alpha value is -0.870. The zero-order valence-corrected chi connectivity index (χ0v) is 12.1. The quantitative estimate of drug-likeness (QED) is 0.844. The molecule has 0 aliphatic carbocycles. The van der Waals surface area contributed by atoms with Crippen molar-refractivity contribution in [2.75, 3.05) is 0 Å². The molecule has 1 aliphatic heterocycles. The molecule has 0 N–H and O–H groups in total. The second kappa shape index (κ2) is 5.02. The number of nitrogens with zero attached hydrogens (tertiary/aromatic N) is 1. The van der Waals surface area contributed by atoms with Crippen molar-refractivity contribution in [3.63, 3.8) is 0 Å². The lowest BCUT2D eigenvalue weighted by Crippen LogP contribution is -2.38. The maximum Gasteiger partial charge on any atom is 0.243 e. The van der Waals surface area contributed by atoms with Crippen LogP contribution < -0.4 is 0 Å². The average Bonchev–Trinajstić information content (AvgIpc) is 2.69. The molecule has 0 amide bonds. The van der Waals surface area contributed by atoms with Gasteiger partial charge in [-0.2, -0.15) is 4.31 Å². The zero-order chi connectivity index (χ0) is 13.3. The third-order valence-corrected chi connectivity index (χ3v) is 5.92. The first-order chi connectivity index (χ1) is 8.46. The number of rotatable bonds is 3. The summed E-state index contributed by atoms with van der Waals surface area (Å²) < 4.78 is 26.8. The van der Waals surface area contributed by atoms with E-state index >= 15 is 0 Å². The molecule has 18 heavy (non-hydrogen) atoms. The van der Waals surface area contributed by atoms with E-state index in [1.165, 1.54) is 0 Å². The van der Waals surface area contributed by atoms with Crippen LogP contribution in [0.5, 0.6) is 0 Å². The molecular formula is C14H21NO2S. The van der Waals surface area contributed by atoms with Crippen molar-refractivity contribution < 1.29 is 8.42 Å². The van der Waals surface area contributed by atoms with Crippen LogP contribution in [0.3, 0.4) is 0 Å². The van der Waals surface area contributed by atoms with Crippen molar-refractivity contribution in [3.05, 3.63) is 29.8 Å². The highest BCUT2D eigenvalue weighted by Gasteiger charge is 2.37. The molecular weight excluding hydrogens is 246 g/mol. The summed E-state index contributed by atoms with van der Waals surface area (Å²) in [6.07, 6.45) is 2.83. The summed E-state index contributed by atoms with van der Waals surface area (Å²) in [5.41, 5.74) is 1.16. The van der Waals surface area contributed by atoms with Crippen molar-refractivity contribution in [1.29, 1.82) is 0 Å². The van der Waals surface area contributed by atoms with Gasteiger partial charge in [0, 0.05) is 12.1 Å². The Morgan fingerprint density at radius 3 is 2.06 bits per heavy atom. The average molecular weight is 267 g/mol. The molecule has 100 valence electrons. The SMILES string of the molecule is CCc1ccc(S(=O)(=O)N2C(C)CCC2C)cc1. The Bertz CT molecular complexity index is 497. The molecule has 1 aromatic carbocycles. The molecule has 1 aliphatic rings. The minimum absolute atomic E-state index is 0.107. The van der Waals surface area contributed by atoms with E-state index in [1.54, 1.807) is 16.4 Å². The van der Waals surface area contributed by atoms with E-state index in [1.807, 2.05) is 26.0 Å². The van der Waals surface area contributed by atoms with Gasteiger partial charge in [0.05, 0.1) is 4.90 Å². The Morgan fingerprint density at radius 1 is 1.11 bits per heavy atom. The van der Waals surface area contributed by atoms with Crippen molar-refractivity contribution in [3.8, 4) is 0 Å². The van der Waals surface area contributed by atoms with Gasteiger partial charge in [-0.3, -0.25) is 0 Å². The molecule has 1 saturated heterocycles. The normalized spacial score (nSPS) is 25.5. The minimum Gasteiger partial charge on any atom is -0.207 e. The van der Waals surface area contributed by atoms with Crippen molar-refractivity contribution in [2.24, 2.45) is 0 Å². The standard InChI is InChI=1S/C14H21NO2S/c1-4-13-7-9-14(10-8-13)18(16,17)15-11(2)5-6-12(15)3/h7-12H,4-6H2,1-3H3. The lowest BCUT2D eigenvalue weighted by molar-refractivity contribution is 0.350. The van der Waals surface area contributed by atoms with E-state index in [-0.39, 0.29) is 12.1 Å². The van der Waals surface area contributed by atoms with Crippen LogP contribution in [-0.4, -0.2) is 24.8 Å². The Labute approximate surface area is 110 Å². The summed E-state index contributed by atoms with van der Waals surface area (Å²) >= 11 is 0. The van der Waals surface area contributed by atoms with Crippen LogP contribution in [0.1, 0.15) is 39.2 Å². The highest BCUT2D eigenvalue weighted by molar-refractivity contribution is 7.89. The maximum atomic E-state index is 12.6. The Morgan fingerprint density at radius 2 is 1.61 bits per heavy atom. The largest absolute Gasteiger partial charge is 0.243 e. The van der Waals surface area contributed by atoms with Crippen LogP contribution >= 0.6 is 0 Å². The Balaban J connectivity index is 2.35. The number of hydrogen-bond acceptors (Lipinski definition) is 2. The van der Waals surface area contributed by atoms with E-state index < -0.39 is 10.0 Å². The summed E-state index contributed by atoms with van der Waals surface area (Å²) in [7, 11) is -3.33. The summed E-state index contributed by atoms with van der Waals surface area (Å²) in [6.45, 7) is 6.04. The molecule has 1 aromatic rings. The van der Waals surface area contributed by atoms with Crippen LogP contribution in [-0.2, 0) is 16.4 Å². The van der Waals surface area contributed by atoms with E-state index in [4.69, 9.17) is 0 Å². The zero-order valence-electron chi connectivity index (χ0n) is 11.3. The molecule has 2 unspecified atom stereocenters. The van der Waals surface area contributed by atoms with Gasteiger partial charge in [-0.15, -0.1) is 0 Å². The summed E-state index contributed by atoms with van der Waals surface area (Å²) in [5, 5.41) is 0. The van der Waals surface area contributed by atoms with E-state index in [0.717, 1.165) is 24.8 Å². The summed E-state index contributed by atoms with van der Waals surface area (Å²) in [4.78, 5) is 0.417. The number of hydrogen-bond donors (Lipinski definition) is 0. The fourth-order valence-corrected chi connectivity index (χ4v) is 4.55. The van der Waals surface area contributed by atoms with Crippen LogP contribution in [0.4, 0.5) is 0 Å². The smallest absolute Gasteiger partial charge is 0.207 e. The third kappa shape index (κ3) is 2.31. The summed E-state index contributed by atoms with van der Waals surface area (Å²) in [6, 6.07) is 7.47. The van der Waals surface area contributed by atoms with Crippen molar-refractivity contribution in [2.45, 2.75) is 57.0 Å². The van der Waals surface area contributed by atoms with Gasteiger partial charge < -0.3 is 0 Å². The molecule has 0 saturated carbocycles. The Kier molecular flexibility index (Phi) is 3.78. The highest BCUT2D eigenvalue weighted by Crippen LogP contribution is 2.30. The fourth-order valence-electron chi connectivity index (χ4n) is 2.66. The van der Waals surface area contributed by atoms with Gasteiger partial charge in [-0.05, 0) is 50.8 Å². The van der Waals surface area contributed by atoms with E-state index in [2.05, 4.69) is 6.92 Å². The number of aryl methyl sites for hydroxylation is 1. The fraction of sp³-hybridized carbons (Fsp3) is 0.571. The second-order valence-corrected chi connectivity index (χ2v) is 6.95. The molecule has 3 nitrogen and oxygen atoms in total. The van der Waals surface area contributed by atoms with E-state index in [0.29, 0.717) is 4.90 Å². The molecule has 1 fully saturated rings. The second-order valence-electron chi connectivity index (χ2n) is 5.11. The van der Waals surface area contributed by atoms with Crippen LogP contribution in [0.2, 0.25) is 0 Å². The van der Waals surface area contributed by atoms with Gasteiger partial charge in [0.25, 0.3) is 0 Å². The molecule has 1 heterocycles. The monoisotopic (exact) mass is 267 g/mol. The molecule has 2 rings (SSSR count). The predicted octanol–water partition coefficient (Wildman–Crippen LogP) is 2.81. The first kappa shape index (κ1) is 13.6. The van der Waals surface area contributed by atoms with Gasteiger partial charge >= 0.3 is 0 Å². The molecule has 0 bridgehead atoms. The summed E-state index contributed by atoms with van der Waals surface area (Å²) in [5.74, 6) is 0. The highest BCUT2D eigenvalue weighted by atomic mass is 32.2. The third-order valence-electron chi connectivity index (χ3n) is 3.78. The van der Waals surface area contributed by atoms with Crippen LogP contribution in [0.15, 0.2) is 29.2 Å². The van der Waals surface area contributed by atoms with Gasteiger partial charge in [-0.25, -0.2) is 8.42 Å². The van der Waals surface area contributed by atoms with Crippen LogP contribution in [0, 0.1) is 0 Å². The molecule has 0 spiro atoms. The topological polar surface area (TPSA) is 37.4 Å². The van der Waals surface area contributed by atoms with E-state index in [9.17, 15) is 8.42 Å². The first-order valence-corrected chi connectivity index (χ1v) is 8.03. The van der Waals surface area contributed by atoms with Crippen LogP contribution in [0.25, 0.3) is 0 Å². The number of benzene rings is 1.